The average Bonchev–Trinajstić information content (AvgIpc) is 2.70. The van der Waals surface area contributed by atoms with Crippen LogP contribution in [0.25, 0.3) is 0 Å². The standard InChI is InChI=1S/C20H19N5O4/c1-3-16-20(29-15-6-4-5-14(11-15)25(27)28)24-19(17(23-16)18(21)26)22-13-9-7-12(2)8-10-13/h4-11H,3H2,1-2H3,(H2,21,26)(H,22,24). The minimum atomic E-state index is -0.733. The fourth-order valence-electron chi connectivity index (χ4n) is 2.57. The van der Waals surface area contributed by atoms with Gasteiger partial charge in [0, 0.05) is 11.8 Å². The minimum absolute atomic E-state index is 0.0196. The first-order chi connectivity index (χ1) is 13.9. The third-order valence-corrected chi connectivity index (χ3v) is 4.06. The molecule has 0 saturated carbocycles. The van der Waals surface area contributed by atoms with Gasteiger partial charge in [-0.1, -0.05) is 30.7 Å². The Morgan fingerprint density at radius 3 is 2.55 bits per heavy atom. The van der Waals surface area contributed by atoms with Crippen LogP contribution in [-0.2, 0) is 6.42 Å². The number of nitro benzene ring substituents is 1. The van der Waals surface area contributed by atoms with Gasteiger partial charge >= 0.3 is 0 Å². The van der Waals surface area contributed by atoms with E-state index in [1.807, 2.05) is 38.1 Å². The Morgan fingerprint density at radius 2 is 1.93 bits per heavy atom. The summed E-state index contributed by atoms with van der Waals surface area (Å²) in [6.07, 6.45) is 0.419. The van der Waals surface area contributed by atoms with E-state index in [0.717, 1.165) is 5.56 Å². The summed E-state index contributed by atoms with van der Waals surface area (Å²) in [6.45, 7) is 3.78. The van der Waals surface area contributed by atoms with Gasteiger partial charge in [0.15, 0.2) is 11.5 Å². The van der Waals surface area contributed by atoms with Gasteiger partial charge in [0.25, 0.3) is 11.6 Å². The molecule has 0 unspecified atom stereocenters. The first-order valence-corrected chi connectivity index (χ1v) is 8.84. The highest BCUT2D eigenvalue weighted by Crippen LogP contribution is 2.29. The van der Waals surface area contributed by atoms with Gasteiger partial charge in [-0.15, -0.1) is 0 Å². The predicted octanol–water partition coefficient (Wildman–Crippen LogP) is 3.89. The molecule has 3 N–H and O–H groups in total. The molecule has 0 radical (unpaired) electrons. The van der Waals surface area contributed by atoms with Crippen molar-refractivity contribution in [2.45, 2.75) is 20.3 Å². The average molecular weight is 393 g/mol. The zero-order chi connectivity index (χ0) is 21.0. The van der Waals surface area contributed by atoms with Gasteiger partial charge in [-0.2, -0.15) is 4.98 Å². The summed E-state index contributed by atoms with van der Waals surface area (Å²) in [5.41, 5.74) is 7.52. The molecule has 2 aromatic carbocycles. The monoisotopic (exact) mass is 393 g/mol. The van der Waals surface area contributed by atoms with Crippen molar-refractivity contribution in [2.75, 3.05) is 5.32 Å². The second-order valence-corrected chi connectivity index (χ2v) is 6.24. The lowest BCUT2D eigenvalue weighted by atomic mass is 10.2. The van der Waals surface area contributed by atoms with E-state index in [0.29, 0.717) is 17.8 Å². The van der Waals surface area contributed by atoms with Crippen molar-refractivity contribution in [1.82, 2.24) is 9.97 Å². The number of aromatic nitrogens is 2. The molecule has 0 saturated heterocycles. The van der Waals surface area contributed by atoms with E-state index in [4.69, 9.17) is 10.5 Å². The highest BCUT2D eigenvalue weighted by Gasteiger charge is 2.19. The maximum atomic E-state index is 11.9. The molecular weight excluding hydrogens is 374 g/mol. The molecule has 3 rings (SSSR count). The normalized spacial score (nSPS) is 10.4. The molecule has 0 bridgehead atoms. The van der Waals surface area contributed by atoms with Crippen LogP contribution in [0.4, 0.5) is 17.2 Å². The molecule has 0 spiro atoms. The topological polar surface area (TPSA) is 133 Å². The van der Waals surface area contributed by atoms with E-state index in [-0.39, 0.29) is 28.8 Å². The molecule has 148 valence electrons. The number of primary amides is 1. The number of nitro groups is 1. The molecule has 1 aromatic heterocycles. The molecule has 0 aliphatic rings. The quantitative estimate of drug-likeness (QED) is 0.459. The Balaban J connectivity index is 2.02. The summed E-state index contributed by atoms with van der Waals surface area (Å²) in [5.74, 6) is -0.230. The van der Waals surface area contributed by atoms with E-state index in [1.54, 1.807) is 6.07 Å². The number of nitrogens with two attached hydrogens (primary N) is 1. The number of amides is 1. The lowest BCUT2D eigenvalue weighted by Gasteiger charge is -2.14. The van der Waals surface area contributed by atoms with Crippen molar-refractivity contribution in [3.8, 4) is 11.6 Å². The molecule has 0 aliphatic carbocycles. The SMILES string of the molecule is CCc1nc(C(N)=O)c(Nc2ccc(C)cc2)nc1Oc1cccc([N+](=O)[O-])c1. The zero-order valence-electron chi connectivity index (χ0n) is 15.9. The molecule has 29 heavy (non-hydrogen) atoms. The summed E-state index contributed by atoms with van der Waals surface area (Å²) in [7, 11) is 0. The number of nitrogens with zero attached hydrogens (tertiary/aromatic N) is 3. The van der Waals surface area contributed by atoms with Crippen molar-refractivity contribution in [3.63, 3.8) is 0 Å². The summed E-state index contributed by atoms with van der Waals surface area (Å²) in [4.78, 5) is 31.0. The van der Waals surface area contributed by atoms with Gasteiger partial charge in [0.05, 0.1) is 11.0 Å². The molecule has 9 heteroatoms. The number of non-ortho nitro benzene ring substituents is 1. The Morgan fingerprint density at radius 1 is 1.21 bits per heavy atom. The second-order valence-electron chi connectivity index (χ2n) is 6.24. The number of aryl methyl sites for hydroxylation is 2. The smallest absolute Gasteiger partial charge is 0.273 e. The van der Waals surface area contributed by atoms with Crippen LogP contribution in [0.1, 0.15) is 28.7 Å². The van der Waals surface area contributed by atoms with E-state index in [2.05, 4.69) is 15.3 Å². The van der Waals surface area contributed by atoms with Crippen LogP contribution in [0.5, 0.6) is 11.6 Å². The van der Waals surface area contributed by atoms with Gasteiger partial charge in [0.2, 0.25) is 5.88 Å². The maximum absolute atomic E-state index is 11.9. The fraction of sp³-hybridized carbons (Fsp3) is 0.150. The molecule has 0 fully saturated rings. The lowest BCUT2D eigenvalue weighted by molar-refractivity contribution is -0.384. The number of hydrogen-bond donors (Lipinski definition) is 2. The van der Waals surface area contributed by atoms with Crippen molar-refractivity contribution in [2.24, 2.45) is 5.73 Å². The second kappa shape index (κ2) is 8.34. The third-order valence-electron chi connectivity index (χ3n) is 4.06. The number of ether oxygens (including phenoxy) is 1. The van der Waals surface area contributed by atoms with E-state index >= 15 is 0 Å². The Bertz CT molecular complexity index is 1070. The van der Waals surface area contributed by atoms with Crippen LogP contribution in [0.3, 0.4) is 0 Å². The number of anilines is 2. The van der Waals surface area contributed by atoms with Crippen LogP contribution in [-0.4, -0.2) is 20.8 Å². The summed E-state index contributed by atoms with van der Waals surface area (Å²) in [6, 6.07) is 13.2. The van der Waals surface area contributed by atoms with Gasteiger partial charge in [0.1, 0.15) is 11.4 Å². The molecule has 0 atom stereocenters. The predicted molar refractivity (Wildman–Crippen MR) is 108 cm³/mol. The number of hydrogen-bond acceptors (Lipinski definition) is 7. The molecule has 0 aliphatic heterocycles. The van der Waals surface area contributed by atoms with Gasteiger partial charge < -0.3 is 15.8 Å². The van der Waals surface area contributed by atoms with Gasteiger partial charge in [-0.25, -0.2) is 4.98 Å². The van der Waals surface area contributed by atoms with Crippen molar-refractivity contribution < 1.29 is 14.5 Å². The number of carbonyl (C=O) groups excluding carboxylic acids is 1. The van der Waals surface area contributed by atoms with Crippen molar-refractivity contribution in [1.29, 1.82) is 0 Å². The van der Waals surface area contributed by atoms with Crippen LogP contribution < -0.4 is 15.8 Å². The summed E-state index contributed by atoms with van der Waals surface area (Å²) >= 11 is 0. The molecule has 1 amide bonds. The van der Waals surface area contributed by atoms with E-state index < -0.39 is 10.8 Å². The molecule has 9 nitrogen and oxygen atoms in total. The van der Waals surface area contributed by atoms with Gasteiger partial charge in [-0.3, -0.25) is 14.9 Å². The maximum Gasteiger partial charge on any atom is 0.273 e. The fourth-order valence-corrected chi connectivity index (χ4v) is 2.57. The number of nitrogens with one attached hydrogen (secondary N) is 1. The van der Waals surface area contributed by atoms with E-state index in [9.17, 15) is 14.9 Å². The first kappa shape index (κ1) is 19.7. The van der Waals surface area contributed by atoms with Crippen molar-refractivity contribution in [3.05, 3.63) is 75.6 Å². The Kier molecular flexibility index (Phi) is 5.68. The largest absolute Gasteiger partial charge is 0.437 e. The Labute approximate surface area is 166 Å². The zero-order valence-corrected chi connectivity index (χ0v) is 15.9. The van der Waals surface area contributed by atoms with Crippen LogP contribution in [0.2, 0.25) is 0 Å². The minimum Gasteiger partial charge on any atom is -0.437 e. The molecule has 1 heterocycles. The third kappa shape index (κ3) is 4.64. The van der Waals surface area contributed by atoms with E-state index in [1.165, 1.54) is 18.2 Å². The summed E-state index contributed by atoms with van der Waals surface area (Å²) < 4.78 is 5.75. The highest BCUT2D eigenvalue weighted by atomic mass is 16.6. The Hall–Kier alpha value is -4.01. The lowest BCUT2D eigenvalue weighted by Crippen LogP contribution is -2.18. The first-order valence-electron chi connectivity index (χ1n) is 8.84. The summed E-state index contributed by atoms with van der Waals surface area (Å²) in [5, 5.41) is 14.0. The number of carbonyl (C=O) groups is 1. The number of benzene rings is 2. The van der Waals surface area contributed by atoms with Crippen LogP contribution in [0.15, 0.2) is 48.5 Å². The van der Waals surface area contributed by atoms with Crippen LogP contribution >= 0.6 is 0 Å². The van der Waals surface area contributed by atoms with Crippen molar-refractivity contribution >= 4 is 23.1 Å². The molecule has 3 aromatic rings. The number of rotatable bonds is 7. The molecular formula is C20H19N5O4. The van der Waals surface area contributed by atoms with Crippen LogP contribution in [0, 0.1) is 17.0 Å². The highest BCUT2D eigenvalue weighted by molar-refractivity contribution is 5.96. The van der Waals surface area contributed by atoms with Gasteiger partial charge in [-0.05, 0) is 31.5 Å².